The Kier molecular flexibility index (Phi) is 1.59. The molecule has 16 heavy (non-hydrogen) atoms. The molecule has 0 heterocycles. The topological polar surface area (TPSA) is 0 Å². The molecule has 2 aromatic carbocycles. The third-order valence-corrected chi connectivity index (χ3v) is 3.88. The number of hydrogen-bond acceptors (Lipinski definition) is 0. The van der Waals surface area contributed by atoms with Crippen LogP contribution in [0.25, 0.3) is 11.1 Å². The predicted molar refractivity (Wildman–Crippen MR) is 65.5 cm³/mol. The smallest absolute Gasteiger partial charge is 0.000718 e. The fourth-order valence-corrected chi connectivity index (χ4v) is 3.09. The molecular formula is C16H13. The molecule has 0 saturated heterocycles. The summed E-state index contributed by atoms with van der Waals surface area (Å²) in [7, 11) is 0. The van der Waals surface area contributed by atoms with Gasteiger partial charge in [0.2, 0.25) is 0 Å². The zero-order valence-electron chi connectivity index (χ0n) is 9.22. The van der Waals surface area contributed by atoms with Crippen molar-refractivity contribution in [3.05, 3.63) is 58.7 Å². The van der Waals surface area contributed by atoms with Gasteiger partial charge in [-0.1, -0.05) is 30.3 Å². The summed E-state index contributed by atoms with van der Waals surface area (Å²) in [5.41, 5.74) is 8.78. The van der Waals surface area contributed by atoms with Crippen LogP contribution in [-0.2, 0) is 19.3 Å². The maximum atomic E-state index is 3.65. The molecule has 0 fully saturated rings. The van der Waals surface area contributed by atoms with Crippen molar-refractivity contribution in [1.82, 2.24) is 0 Å². The van der Waals surface area contributed by atoms with Gasteiger partial charge in [0.25, 0.3) is 0 Å². The van der Waals surface area contributed by atoms with Gasteiger partial charge in [-0.05, 0) is 65.1 Å². The Morgan fingerprint density at radius 1 is 0.875 bits per heavy atom. The Bertz CT molecular complexity index is 579. The van der Waals surface area contributed by atoms with E-state index in [-0.39, 0.29) is 0 Å². The van der Waals surface area contributed by atoms with Crippen molar-refractivity contribution in [1.29, 1.82) is 0 Å². The van der Waals surface area contributed by atoms with Crippen molar-refractivity contribution in [2.75, 3.05) is 0 Å². The van der Waals surface area contributed by atoms with Gasteiger partial charge in [0.15, 0.2) is 0 Å². The molecule has 0 atom stereocenters. The SMILES string of the molecule is [c]1c2c(cc3c1Cc1ccccc1-3)CCC2. The number of hydrogen-bond donors (Lipinski definition) is 0. The molecule has 0 spiro atoms. The summed E-state index contributed by atoms with van der Waals surface area (Å²) < 4.78 is 0. The Morgan fingerprint density at radius 3 is 2.81 bits per heavy atom. The molecule has 2 aliphatic rings. The average Bonchev–Trinajstić information content (AvgIpc) is 2.88. The van der Waals surface area contributed by atoms with E-state index in [2.05, 4.69) is 36.4 Å². The Morgan fingerprint density at radius 2 is 1.81 bits per heavy atom. The monoisotopic (exact) mass is 205 g/mol. The molecule has 0 heteroatoms. The summed E-state index contributed by atoms with van der Waals surface area (Å²) in [6, 6.07) is 14.8. The first-order valence-corrected chi connectivity index (χ1v) is 6.07. The number of aryl methyl sites for hydroxylation is 2. The molecule has 4 rings (SSSR count). The standard InChI is InChI=1S/C16H13/c1-2-7-15-13(4-1)9-14-8-11-5-3-6-12(11)10-16(14)15/h1-2,4,7,10H,3,5-6,9H2. The van der Waals surface area contributed by atoms with Gasteiger partial charge in [-0.3, -0.25) is 0 Å². The summed E-state index contributed by atoms with van der Waals surface area (Å²) >= 11 is 0. The number of rotatable bonds is 0. The van der Waals surface area contributed by atoms with Crippen molar-refractivity contribution in [3.63, 3.8) is 0 Å². The highest BCUT2D eigenvalue weighted by atomic mass is 14.3. The van der Waals surface area contributed by atoms with Crippen molar-refractivity contribution < 1.29 is 0 Å². The van der Waals surface area contributed by atoms with Crippen LogP contribution >= 0.6 is 0 Å². The molecule has 1 radical (unpaired) electrons. The molecule has 0 aliphatic heterocycles. The predicted octanol–water partition coefficient (Wildman–Crippen LogP) is 3.55. The molecule has 2 aromatic rings. The quantitative estimate of drug-likeness (QED) is 0.526. The molecule has 0 nitrogen and oxygen atoms in total. The molecule has 0 amide bonds. The highest BCUT2D eigenvalue weighted by Gasteiger charge is 2.21. The van der Waals surface area contributed by atoms with Gasteiger partial charge in [-0.15, -0.1) is 0 Å². The lowest BCUT2D eigenvalue weighted by Crippen LogP contribution is -1.88. The fourth-order valence-electron chi connectivity index (χ4n) is 3.09. The van der Waals surface area contributed by atoms with E-state index in [0.29, 0.717) is 0 Å². The van der Waals surface area contributed by atoms with Gasteiger partial charge in [0.1, 0.15) is 0 Å². The zero-order chi connectivity index (χ0) is 10.5. The van der Waals surface area contributed by atoms with Crippen molar-refractivity contribution in [2.45, 2.75) is 25.7 Å². The third-order valence-electron chi connectivity index (χ3n) is 3.88. The second-order valence-corrected chi connectivity index (χ2v) is 4.85. The first kappa shape index (κ1) is 8.58. The third kappa shape index (κ3) is 1.05. The highest BCUT2D eigenvalue weighted by Crippen LogP contribution is 2.39. The second-order valence-electron chi connectivity index (χ2n) is 4.85. The minimum absolute atomic E-state index is 1.08. The summed E-state index contributed by atoms with van der Waals surface area (Å²) in [5.74, 6) is 0. The maximum absolute atomic E-state index is 3.65. The van der Waals surface area contributed by atoms with Gasteiger partial charge >= 0.3 is 0 Å². The molecule has 0 N–H and O–H groups in total. The number of benzene rings is 2. The van der Waals surface area contributed by atoms with Gasteiger partial charge in [0.05, 0.1) is 0 Å². The molecule has 2 aliphatic carbocycles. The van der Waals surface area contributed by atoms with Crippen LogP contribution in [0.3, 0.4) is 0 Å². The van der Waals surface area contributed by atoms with Crippen LogP contribution in [-0.4, -0.2) is 0 Å². The van der Waals surface area contributed by atoms with Crippen molar-refractivity contribution >= 4 is 0 Å². The summed E-state index contributed by atoms with van der Waals surface area (Å²) in [4.78, 5) is 0. The molecule has 0 bridgehead atoms. The van der Waals surface area contributed by atoms with Crippen LogP contribution in [0.5, 0.6) is 0 Å². The first-order valence-electron chi connectivity index (χ1n) is 6.07. The van der Waals surface area contributed by atoms with Gasteiger partial charge < -0.3 is 0 Å². The van der Waals surface area contributed by atoms with Gasteiger partial charge in [-0.25, -0.2) is 0 Å². The van der Waals surface area contributed by atoms with E-state index >= 15 is 0 Å². The zero-order valence-corrected chi connectivity index (χ0v) is 9.22. The summed E-state index contributed by atoms with van der Waals surface area (Å²) in [5, 5.41) is 0. The van der Waals surface area contributed by atoms with E-state index in [4.69, 9.17) is 0 Å². The van der Waals surface area contributed by atoms with Crippen LogP contribution in [0.4, 0.5) is 0 Å². The molecule has 0 unspecified atom stereocenters. The lowest BCUT2D eigenvalue weighted by Gasteiger charge is -2.04. The van der Waals surface area contributed by atoms with Crippen LogP contribution in [0.2, 0.25) is 0 Å². The number of fused-ring (bicyclic) bond motifs is 4. The Hall–Kier alpha value is -1.56. The van der Waals surface area contributed by atoms with E-state index in [9.17, 15) is 0 Å². The van der Waals surface area contributed by atoms with Crippen molar-refractivity contribution in [2.24, 2.45) is 0 Å². The van der Waals surface area contributed by atoms with E-state index in [1.807, 2.05) is 0 Å². The second kappa shape index (κ2) is 2.98. The normalized spacial score (nSPS) is 15.8. The van der Waals surface area contributed by atoms with Crippen LogP contribution in [0.15, 0.2) is 30.3 Å². The fraction of sp³-hybridized carbons (Fsp3) is 0.250. The lowest BCUT2D eigenvalue weighted by atomic mass is 10.00. The average molecular weight is 205 g/mol. The minimum atomic E-state index is 1.08. The first-order chi connectivity index (χ1) is 7.92. The van der Waals surface area contributed by atoms with E-state index < -0.39 is 0 Å². The van der Waals surface area contributed by atoms with E-state index in [1.54, 1.807) is 0 Å². The largest absolute Gasteiger partial charge is 0.0619 e. The van der Waals surface area contributed by atoms with Gasteiger partial charge in [-0.2, -0.15) is 0 Å². The summed E-state index contributed by atoms with van der Waals surface area (Å²) in [6.45, 7) is 0. The molecule has 77 valence electrons. The Balaban J connectivity index is 1.98. The van der Waals surface area contributed by atoms with Crippen LogP contribution < -0.4 is 0 Å². The van der Waals surface area contributed by atoms with Gasteiger partial charge in [0, 0.05) is 0 Å². The molecular weight excluding hydrogens is 192 g/mol. The highest BCUT2D eigenvalue weighted by molar-refractivity contribution is 5.77. The van der Waals surface area contributed by atoms with E-state index in [0.717, 1.165) is 6.42 Å². The van der Waals surface area contributed by atoms with Crippen molar-refractivity contribution in [3.8, 4) is 11.1 Å². The van der Waals surface area contributed by atoms with Crippen LogP contribution in [0, 0.1) is 6.07 Å². The molecule has 0 aromatic heterocycles. The maximum Gasteiger partial charge on any atom is -0.000718 e. The minimum Gasteiger partial charge on any atom is -0.0619 e. The lowest BCUT2D eigenvalue weighted by molar-refractivity contribution is 0.911. The van der Waals surface area contributed by atoms with E-state index in [1.165, 1.54) is 52.6 Å². The molecule has 0 saturated carbocycles. The Labute approximate surface area is 95.9 Å². The summed E-state index contributed by atoms with van der Waals surface area (Å²) in [6.07, 6.45) is 4.88. The van der Waals surface area contributed by atoms with Crippen LogP contribution in [0.1, 0.15) is 28.7 Å².